The van der Waals surface area contributed by atoms with E-state index in [9.17, 15) is 4.39 Å². The summed E-state index contributed by atoms with van der Waals surface area (Å²) in [4.78, 5) is 7.88. The second-order valence-corrected chi connectivity index (χ2v) is 3.69. The highest BCUT2D eigenvalue weighted by Gasteiger charge is 2.09. The average molecular weight is 253 g/mol. The predicted octanol–water partition coefficient (Wildman–Crippen LogP) is 3.33. The van der Waals surface area contributed by atoms with Gasteiger partial charge in [0.15, 0.2) is 0 Å². The molecule has 0 unspecified atom stereocenters. The Bertz CT molecular complexity index is 534. The molecular formula is C12H10ClFN2O. The van der Waals surface area contributed by atoms with Crippen LogP contribution in [0.15, 0.2) is 30.6 Å². The van der Waals surface area contributed by atoms with E-state index >= 15 is 0 Å². The summed E-state index contributed by atoms with van der Waals surface area (Å²) in [5.41, 5.74) is 1.30. The molecule has 0 saturated heterocycles. The Morgan fingerprint density at radius 3 is 2.82 bits per heavy atom. The van der Waals surface area contributed by atoms with Crippen molar-refractivity contribution in [1.82, 2.24) is 9.97 Å². The van der Waals surface area contributed by atoms with E-state index < -0.39 is 0 Å². The predicted molar refractivity (Wildman–Crippen MR) is 63.6 cm³/mol. The van der Waals surface area contributed by atoms with Crippen LogP contribution in [-0.2, 0) is 0 Å². The number of hydrogen-bond acceptors (Lipinski definition) is 3. The van der Waals surface area contributed by atoms with E-state index in [-0.39, 0.29) is 5.82 Å². The second-order valence-electron chi connectivity index (χ2n) is 3.30. The zero-order chi connectivity index (χ0) is 12.3. The third-order valence-electron chi connectivity index (χ3n) is 2.15. The summed E-state index contributed by atoms with van der Waals surface area (Å²) in [6, 6.07) is 5.90. The van der Waals surface area contributed by atoms with E-state index in [4.69, 9.17) is 16.3 Å². The fourth-order valence-corrected chi connectivity index (χ4v) is 1.61. The lowest BCUT2D eigenvalue weighted by atomic mass is 10.1. The third-order valence-corrected chi connectivity index (χ3v) is 2.36. The number of benzene rings is 1. The third kappa shape index (κ3) is 2.71. The molecule has 0 bridgehead atoms. The molecule has 0 spiro atoms. The highest BCUT2D eigenvalue weighted by molar-refractivity contribution is 6.29. The first-order valence-electron chi connectivity index (χ1n) is 5.11. The highest BCUT2D eigenvalue weighted by atomic mass is 35.5. The lowest BCUT2D eigenvalue weighted by Crippen LogP contribution is -1.96. The van der Waals surface area contributed by atoms with Gasteiger partial charge in [-0.25, -0.2) is 14.4 Å². The van der Waals surface area contributed by atoms with Gasteiger partial charge in [-0.15, -0.1) is 0 Å². The fourth-order valence-electron chi connectivity index (χ4n) is 1.46. The molecular weight excluding hydrogens is 243 g/mol. The van der Waals surface area contributed by atoms with Gasteiger partial charge in [0.1, 0.15) is 23.0 Å². The Hall–Kier alpha value is -1.68. The van der Waals surface area contributed by atoms with Crippen molar-refractivity contribution in [2.24, 2.45) is 0 Å². The van der Waals surface area contributed by atoms with Crippen molar-refractivity contribution in [3.05, 3.63) is 41.6 Å². The number of halogens is 2. The summed E-state index contributed by atoms with van der Waals surface area (Å²) in [6.07, 6.45) is 1.36. The number of rotatable bonds is 3. The molecule has 1 aromatic carbocycles. The normalized spacial score (nSPS) is 10.3. The summed E-state index contributed by atoms with van der Waals surface area (Å²) < 4.78 is 18.5. The lowest BCUT2D eigenvalue weighted by Gasteiger charge is -2.09. The van der Waals surface area contributed by atoms with Gasteiger partial charge in [-0.3, -0.25) is 0 Å². The molecule has 0 N–H and O–H groups in total. The molecule has 0 amide bonds. The molecule has 2 rings (SSSR count). The smallest absolute Gasteiger partial charge is 0.133 e. The molecule has 1 aromatic heterocycles. The average Bonchev–Trinajstić information content (AvgIpc) is 2.29. The summed E-state index contributed by atoms with van der Waals surface area (Å²) in [5.74, 6) is 0.0969. The Balaban J connectivity index is 2.50. The summed E-state index contributed by atoms with van der Waals surface area (Å²) >= 11 is 5.79. The van der Waals surface area contributed by atoms with Gasteiger partial charge >= 0.3 is 0 Å². The van der Waals surface area contributed by atoms with Crippen molar-refractivity contribution >= 4 is 11.6 Å². The fraction of sp³-hybridized carbons (Fsp3) is 0.167. The van der Waals surface area contributed by atoms with E-state index in [1.165, 1.54) is 18.5 Å². The standard InChI is InChI=1S/C12H10ClFN2O/c1-2-17-11-5-8(14)3-4-9(11)10-6-12(13)16-7-15-10/h3-7H,2H2,1H3. The SMILES string of the molecule is CCOc1cc(F)ccc1-c1cc(Cl)ncn1. The first-order valence-corrected chi connectivity index (χ1v) is 5.48. The van der Waals surface area contributed by atoms with Crippen molar-refractivity contribution in [1.29, 1.82) is 0 Å². The first-order chi connectivity index (χ1) is 8.20. The molecule has 0 aliphatic carbocycles. The Labute approximate surface area is 103 Å². The van der Waals surface area contributed by atoms with Gasteiger partial charge in [0.2, 0.25) is 0 Å². The minimum atomic E-state index is -0.350. The second kappa shape index (κ2) is 5.10. The van der Waals surface area contributed by atoms with Crippen molar-refractivity contribution < 1.29 is 9.13 Å². The van der Waals surface area contributed by atoms with Crippen LogP contribution in [0.25, 0.3) is 11.3 Å². The molecule has 1 heterocycles. The van der Waals surface area contributed by atoms with Crippen LogP contribution in [-0.4, -0.2) is 16.6 Å². The van der Waals surface area contributed by atoms with Crippen LogP contribution in [0.5, 0.6) is 5.75 Å². The van der Waals surface area contributed by atoms with Gasteiger partial charge in [-0.05, 0) is 19.1 Å². The zero-order valence-electron chi connectivity index (χ0n) is 9.15. The summed E-state index contributed by atoms with van der Waals surface area (Å²) in [6.45, 7) is 2.29. The molecule has 0 saturated carbocycles. The molecule has 3 nitrogen and oxygen atoms in total. The molecule has 2 aromatic rings. The van der Waals surface area contributed by atoms with Gasteiger partial charge in [-0.1, -0.05) is 11.6 Å². The molecule has 88 valence electrons. The monoisotopic (exact) mass is 252 g/mol. The van der Waals surface area contributed by atoms with Crippen molar-refractivity contribution in [3.63, 3.8) is 0 Å². The van der Waals surface area contributed by atoms with E-state index in [1.807, 2.05) is 6.92 Å². The maximum absolute atomic E-state index is 13.1. The van der Waals surface area contributed by atoms with Gasteiger partial charge in [0, 0.05) is 17.7 Å². The molecule has 5 heteroatoms. The quantitative estimate of drug-likeness (QED) is 0.786. The van der Waals surface area contributed by atoms with E-state index in [0.717, 1.165) is 0 Å². The van der Waals surface area contributed by atoms with Crippen LogP contribution in [0.4, 0.5) is 4.39 Å². The maximum atomic E-state index is 13.1. The first kappa shape index (κ1) is 11.8. The van der Waals surface area contributed by atoms with Crippen molar-refractivity contribution in [3.8, 4) is 17.0 Å². The van der Waals surface area contributed by atoms with Crippen molar-refractivity contribution in [2.75, 3.05) is 6.61 Å². The molecule has 0 radical (unpaired) electrons. The number of aromatic nitrogens is 2. The largest absolute Gasteiger partial charge is 0.493 e. The topological polar surface area (TPSA) is 35.0 Å². The van der Waals surface area contributed by atoms with Gasteiger partial charge in [0.25, 0.3) is 0 Å². The molecule has 0 fully saturated rings. The van der Waals surface area contributed by atoms with Crippen LogP contribution in [0.1, 0.15) is 6.92 Å². The zero-order valence-corrected chi connectivity index (χ0v) is 9.91. The Morgan fingerprint density at radius 1 is 1.29 bits per heavy atom. The van der Waals surface area contributed by atoms with E-state index in [1.54, 1.807) is 12.1 Å². The van der Waals surface area contributed by atoms with Crippen LogP contribution in [0.3, 0.4) is 0 Å². The minimum absolute atomic E-state index is 0.335. The number of ether oxygens (including phenoxy) is 1. The summed E-state index contributed by atoms with van der Waals surface area (Å²) in [5, 5.41) is 0.335. The highest BCUT2D eigenvalue weighted by Crippen LogP contribution is 2.30. The van der Waals surface area contributed by atoms with Crippen molar-refractivity contribution in [2.45, 2.75) is 6.92 Å². The molecule has 0 aliphatic rings. The van der Waals surface area contributed by atoms with Gasteiger partial charge < -0.3 is 4.74 Å². The summed E-state index contributed by atoms with van der Waals surface area (Å²) in [7, 11) is 0. The van der Waals surface area contributed by atoms with E-state index in [2.05, 4.69) is 9.97 Å². The van der Waals surface area contributed by atoms with Gasteiger partial charge in [0.05, 0.1) is 12.3 Å². The Kier molecular flexibility index (Phi) is 3.54. The number of nitrogens with zero attached hydrogens (tertiary/aromatic N) is 2. The van der Waals surface area contributed by atoms with Crippen LogP contribution >= 0.6 is 11.6 Å². The molecule has 0 atom stereocenters. The lowest BCUT2D eigenvalue weighted by molar-refractivity contribution is 0.339. The van der Waals surface area contributed by atoms with Crippen LogP contribution < -0.4 is 4.74 Å². The number of hydrogen-bond donors (Lipinski definition) is 0. The molecule has 0 aliphatic heterocycles. The molecule has 17 heavy (non-hydrogen) atoms. The Morgan fingerprint density at radius 2 is 2.12 bits per heavy atom. The van der Waals surface area contributed by atoms with Gasteiger partial charge in [-0.2, -0.15) is 0 Å². The van der Waals surface area contributed by atoms with E-state index in [0.29, 0.717) is 28.8 Å². The van der Waals surface area contributed by atoms with Crippen LogP contribution in [0, 0.1) is 5.82 Å². The van der Waals surface area contributed by atoms with Crippen LogP contribution in [0.2, 0.25) is 5.15 Å². The minimum Gasteiger partial charge on any atom is -0.493 e. The maximum Gasteiger partial charge on any atom is 0.133 e.